The van der Waals surface area contributed by atoms with Crippen LogP contribution < -0.4 is 10.2 Å². The Balaban J connectivity index is 1.55. The van der Waals surface area contributed by atoms with Gasteiger partial charge in [-0.05, 0) is 55.7 Å². The third-order valence-electron chi connectivity index (χ3n) is 7.43. The topological polar surface area (TPSA) is 130 Å². The Kier molecular flexibility index (Phi) is 8.90. The van der Waals surface area contributed by atoms with E-state index < -0.39 is 29.4 Å². The van der Waals surface area contributed by atoms with Crippen LogP contribution in [0.2, 0.25) is 0 Å². The maximum absolute atomic E-state index is 13.8. The van der Waals surface area contributed by atoms with Gasteiger partial charge in [0, 0.05) is 34.6 Å². The molecule has 0 unspecified atom stereocenters. The molecule has 39 heavy (non-hydrogen) atoms. The number of anilines is 2. The molecule has 9 nitrogen and oxygen atoms in total. The van der Waals surface area contributed by atoms with E-state index in [0.717, 1.165) is 18.4 Å². The van der Waals surface area contributed by atoms with Gasteiger partial charge in [-0.3, -0.25) is 14.4 Å². The minimum Gasteiger partial charge on any atom is -0.394 e. The SMILES string of the molecule is C[C@H](O)C(=O)Nc1cccc(CN2C(=O)[C@](O)([C@H](C)/C=C/CC(=O)N3CCC[C@H]3CO)c3cc(Br)ccc32)c1. The third-order valence-corrected chi connectivity index (χ3v) is 7.92. The van der Waals surface area contributed by atoms with Crippen LogP contribution in [0.4, 0.5) is 11.4 Å². The van der Waals surface area contributed by atoms with E-state index in [4.69, 9.17) is 0 Å². The molecule has 1 fully saturated rings. The molecular formula is C29H34BrN3O6. The van der Waals surface area contributed by atoms with Gasteiger partial charge in [-0.2, -0.15) is 0 Å². The zero-order chi connectivity index (χ0) is 28.3. The van der Waals surface area contributed by atoms with Gasteiger partial charge in [0.1, 0.15) is 6.10 Å². The lowest BCUT2D eigenvalue weighted by molar-refractivity contribution is -0.139. The van der Waals surface area contributed by atoms with E-state index in [1.54, 1.807) is 60.4 Å². The van der Waals surface area contributed by atoms with Gasteiger partial charge >= 0.3 is 0 Å². The highest BCUT2D eigenvalue weighted by atomic mass is 79.9. The van der Waals surface area contributed by atoms with Crippen LogP contribution in [0, 0.1) is 5.92 Å². The molecule has 4 rings (SSSR count). The molecule has 0 spiro atoms. The number of hydrogen-bond donors (Lipinski definition) is 4. The van der Waals surface area contributed by atoms with Crippen LogP contribution >= 0.6 is 15.9 Å². The number of nitrogens with one attached hydrogen (secondary N) is 1. The summed E-state index contributed by atoms with van der Waals surface area (Å²) in [4.78, 5) is 41.6. The number of likely N-dealkylation sites (tertiary alicyclic amines) is 1. The van der Waals surface area contributed by atoms with Crippen molar-refractivity contribution in [3.8, 4) is 0 Å². The molecule has 2 aliphatic rings. The lowest BCUT2D eigenvalue weighted by Gasteiger charge is -2.28. The molecule has 0 bridgehead atoms. The minimum atomic E-state index is -1.85. The number of amides is 3. The van der Waals surface area contributed by atoms with Crippen LogP contribution in [-0.4, -0.2) is 63.2 Å². The Morgan fingerprint density at radius 3 is 2.72 bits per heavy atom. The minimum absolute atomic E-state index is 0.0581. The highest BCUT2D eigenvalue weighted by Gasteiger charge is 2.52. The molecule has 1 saturated heterocycles. The molecule has 0 aromatic heterocycles. The number of aliphatic hydroxyl groups excluding tert-OH is 2. The number of carbonyl (C=O) groups excluding carboxylic acids is 3. The smallest absolute Gasteiger partial charge is 0.264 e. The average Bonchev–Trinajstić information content (AvgIpc) is 3.47. The van der Waals surface area contributed by atoms with Crippen molar-refractivity contribution >= 4 is 45.0 Å². The summed E-state index contributed by atoms with van der Waals surface area (Å²) in [5.41, 5.74) is 0.395. The lowest BCUT2D eigenvalue weighted by Crippen LogP contribution is -2.44. The summed E-state index contributed by atoms with van der Waals surface area (Å²) in [7, 11) is 0. The third kappa shape index (κ3) is 5.94. The molecule has 3 amide bonds. The molecular weight excluding hydrogens is 566 g/mol. The fourth-order valence-electron chi connectivity index (χ4n) is 5.24. The molecule has 0 aliphatic carbocycles. The van der Waals surface area contributed by atoms with Gasteiger partial charge in [0.25, 0.3) is 11.8 Å². The van der Waals surface area contributed by atoms with Crippen molar-refractivity contribution in [1.82, 2.24) is 4.90 Å². The van der Waals surface area contributed by atoms with Crippen molar-refractivity contribution < 1.29 is 29.7 Å². The highest BCUT2D eigenvalue weighted by Crippen LogP contribution is 2.46. The predicted octanol–water partition coefficient (Wildman–Crippen LogP) is 3.07. The molecule has 2 aromatic rings. The fourth-order valence-corrected chi connectivity index (χ4v) is 5.60. The van der Waals surface area contributed by atoms with Crippen LogP contribution in [0.3, 0.4) is 0 Å². The Morgan fingerprint density at radius 2 is 2.00 bits per heavy atom. The van der Waals surface area contributed by atoms with Crippen LogP contribution in [0.1, 0.15) is 44.2 Å². The Hall–Kier alpha value is -3.05. The molecule has 0 saturated carbocycles. The molecule has 4 atom stereocenters. The first kappa shape index (κ1) is 28.9. The number of halogens is 1. The summed E-state index contributed by atoms with van der Waals surface area (Å²) in [6.07, 6.45) is 3.98. The molecule has 0 radical (unpaired) electrons. The van der Waals surface area contributed by atoms with Crippen molar-refractivity contribution in [3.05, 3.63) is 70.2 Å². The standard InChI is InChI=1S/C29H34BrN3O6/c1-18(6-3-10-26(36)32-13-5-9-23(32)17-34)29(39)24-15-21(30)11-12-25(24)33(28(29)38)16-20-7-4-8-22(14-20)31-27(37)19(2)35/h3-4,6-8,11-12,14-15,18-19,23,34-35,39H,5,9-10,13,16-17H2,1-2H3,(H,31,37)/b6-3+/t18-,19+,23+,29+/m1/s1. The van der Waals surface area contributed by atoms with Gasteiger partial charge in [0.05, 0.1) is 24.9 Å². The highest BCUT2D eigenvalue weighted by molar-refractivity contribution is 9.10. The Morgan fingerprint density at radius 1 is 1.23 bits per heavy atom. The number of hydrogen-bond acceptors (Lipinski definition) is 6. The zero-order valence-corrected chi connectivity index (χ0v) is 23.6. The largest absolute Gasteiger partial charge is 0.394 e. The van der Waals surface area contributed by atoms with Gasteiger partial charge in [-0.1, -0.05) is 47.1 Å². The predicted molar refractivity (Wildman–Crippen MR) is 151 cm³/mol. The molecule has 2 heterocycles. The second kappa shape index (κ2) is 12.0. The summed E-state index contributed by atoms with van der Waals surface area (Å²) in [6, 6.07) is 12.1. The average molecular weight is 601 g/mol. The van der Waals surface area contributed by atoms with Gasteiger partial charge in [0.2, 0.25) is 5.91 Å². The summed E-state index contributed by atoms with van der Waals surface area (Å²) < 4.78 is 0.715. The fraction of sp³-hybridized carbons (Fsp3) is 0.414. The van der Waals surface area contributed by atoms with E-state index in [-0.39, 0.29) is 31.5 Å². The van der Waals surface area contributed by atoms with Crippen molar-refractivity contribution in [2.45, 2.75) is 57.4 Å². The number of fused-ring (bicyclic) bond motifs is 1. The number of aliphatic hydroxyl groups is 3. The number of nitrogens with zero attached hydrogens (tertiary/aromatic N) is 2. The summed E-state index contributed by atoms with van der Waals surface area (Å²) in [5.74, 6) is -1.76. The van der Waals surface area contributed by atoms with E-state index in [1.807, 2.05) is 6.07 Å². The van der Waals surface area contributed by atoms with Crippen molar-refractivity contribution in [2.24, 2.45) is 5.92 Å². The van der Waals surface area contributed by atoms with Crippen LogP contribution in [0.15, 0.2) is 59.1 Å². The number of rotatable bonds is 9. The van der Waals surface area contributed by atoms with Crippen LogP contribution in [0.25, 0.3) is 0 Å². The van der Waals surface area contributed by atoms with E-state index in [1.165, 1.54) is 11.8 Å². The maximum atomic E-state index is 13.8. The lowest BCUT2D eigenvalue weighted by atomic mass is 9.83. The summed E-state index contributed by atoms with van der Waals surface area (Å²) in [6.45, 7) is 3.83. The molecule has 2 aliphatic heterocycles. The molecule has 208 valence electrons. The normalized spacial score (nSPS) is 22.3. The van der Waals surface area contributed by atoms with Crippen molar-refractivity contribution in [3.63, 3.8) is 0 Å². The molecule has 10 heteroatoms. The van der Waals surface area contributed by atoms with Gasteiger partial charge in [-0.25, -0.2) is 0 Å². The number of carbonyl (C=O) groups is 3. The van der Waals surface area contributed by atoms with Crippen molar-refractivity contribution in [1.29, 1.82) is 0 Å². The first-order chi connectivity index (χ1) is 18.6. The second-order valence-corrected chi connectivity index (χ2v) is 11.1. The zero-order valence-electron chi connectivity index (χ0n) is 22.0. The molecule has 2 aromatic carbocycles. The van der Waals surface area contributed by atoms with E-state index >= 15 is 0 Å². The van der Waals surface area contributed by atoms with Gasteiger partial charge in [-0.15, -0.1) is 0 Å². The second-order valence-electron chi connectivity index (χ2n) is 10.2. The monoisotopic (exact) mass is 599 g/mol. The quantitative estimate of drug-likeness (QED) is 0.328. The van der Waals surface area contributed by atoms with Gasteiger partial charge < -0.3 is 30.4 Å². The molecule has 4 N–H and O–H groups in total. The summed E-state index contributed by atoms with van der Waals surface area (Å²) in [5, 5.41) is 33.5. The first-order valence-corrected chi connectivity index (χ1v) is 13.8. The van der Waals surface area contributed by atoms with Crippen LogP contribution in [0.5, 0.6) is 0 Å². The van der Waals surface area contributed by atoms with E-state index in [2.05, 4.69) is 21.2 Å². The Labute approximate surface area is 236 Å². The number of benzene rings is 2. The first-order valence-electron chi connectivity index (χ1n) is 13.1. The van der Waals surface area contributed by atoms with E-state index in [0.29, 0.717) is 28.0 Å². The van der Waals surface area contributed by atoms with Gasteiger partial charge in [0.15, 0.2) is 5.60 Å². The van der Waals surface area contributed by atoms with Crippen molar-refractivity contribution in [2.75, 3.05) is 23.4 Å². The maximum Gasteiger partial charge on any atom is 0.264 e. The summed E-state index contributed by atoms with van der Waals surface area (Å²) >= 11 is 3.45. The van der Waals surface area contributed by atoms with E-state index in [9.17, 15) is 29.7 Å². The van der Waals surface area contributed by atoms with Crippen LogP contribution in [-0.2, 0) is 26.5 Å². The Bertz CT molecular complexity index is 1280.